The summed E-state index contributed by atoms with van der Waals surface area (Å²) in [5.41, 5.74) is 0.162. The maximum absolute atomic E-state index is 14.0. The summed E-state index contributed by atoms with van der Waals surface area (Å²) in [5.74, 6) is -1.19. The molecule has 1 atom stereocenters. The Bertz CT molecular complexity index is 1330. The van der Waals surface area contributed by atoms with Crippen LogP contribution in [0.2, 0.25) is 0 Å². The predicted molar refractivity (Wildman–Crippen MR) is 152 cm³/mol. The van der Waals surface area contributed by atoms with Gasteiger partial charge in [-0.05, 0) is 62.4 Å². The maximum Gasteiger partial charge on any atom is 0.302 e. The first-order valence-electron chi connectivity index (χ1n) is 12.7. The summed E-state index contributed by atoms with van der Waals surface area (Å²) in [6.45, 7) is 6.81. The number of hydrogen-bond acceptors (Lipinski definition) is 7. The number of rotatable bonds is 10. The molecule has 202 valence electrons. The molecule has 0 saturated carbocycles. The minimum atomic E-state index is -1.87. The van der Waals surface area contributed by atoms with Gasteiger partial charge in [-0.25, -0.2) is 0 Å². The summed E-state index contributed by atoms with van der Waals surface area (Å²) in [4.78, 5) is 41.5. The molecule has 0 fully saturated rings. The van der Waals surface area contributed by atoms with Gasteiger partial charge in [0.05, 0.1) is 5.69 Å². The Balaban J connectivity index is 1.67. The van der Waals surface area contributed by atoms with E-state index in [1.807, 2.05) is 36.4 Å². The maximum atomic E-state index is 14.0. The Kier molecular flexibility index (Phi) is 8.45. The van der Waals surface area contributed by atoms with Crippen LogP contribution in [0, 0.1) is 0 Å². The van der Waals surface area contributed by atoms with Crippen LogP contribution in [-0.4, -0.2) is 48.9 Å². The van der Waals surface area contributed by atoms with E-state index >= 15 is 0 Å². The molecule has 3 aromatic carbocycles. The second-order valence-corrected chi connectivity index (χ2v) is 8.83. The molecule has 4 rings (SSSR count). The number of hydrogen-bond donors (Lipinski definition) is 3. The molecule has 0 aromatic heterocycles. The van der Waals surface area contributed by atoms with Crippen LogP contribution in [0.25, 0.3) is 0 Å². The van der Waals surface area contributed by atoms with E-state index < -0.39 is 23.4 Å². The summed E-state index contributed by atoms with van der Waals surface area (Å²) in [5, 5.41) is 14.1. The molecule has 0 saturated heterocycles. The monoisotopic (exact) mass is 528 g/mol. The highest BCUT2D eigenvalue weighted by Gasteiger charge is 2.54. The van der Waals surface area contributed by atoms with Crippen molar-refractivity contribution in [3.8, 4) is 5.75 Å². The van der Waals surface area contributed by atoms with Crippen LogP contribution in [0.15, 0.2) is 90.0 Å². The Hall–Kier alpha value is -4.86. The Morgan fingerprint density at radius 2 is 1.54 bits per heavy atom. The van der Waals surface area contributed by atoms with Crippen molar-refractivity contribution in [1.29, 1.82) is 0 Å². The average Bonchev–Trinajstić information content (AvgIpc) is 3.20. The molecule has 0 spiro atoms. The van der Waals surface area contributed by atoms with Gasteiger partial charge in [0.1, 0.15) is 5.75 Å². The highest BCUT2D eigenvalue weighted by atomic mass is 16.5. The average molecular weight is 529 g/mol. The summed E-state index contributed by atoms with van der Waals surface area (Å²) >= 11 is 0. The van der Waals surface area contributed by atoms with E-state index in [0.29, 0.717) is 17.1 Å². The van der Waals surface area contributed by atoms with Gasteiger partial charge in [0.25, 0.3) is 11.6 Å². The molecule has 1 aliphatic heterocycles. The lowest BCUT2D eigenvalue weighted by molar-refractivity contribution is -0.127. The summed E-state index contributed by atoms with van der Waals surface area (Å²) in [6.07, 6.45) is 0. The molecule has 3 amide bonds. The lowest BCUT2D eigenvalue weighted by Gasteiger charge is -2.31. The zero-order chi connectivity index (χ0) is 27.8. The largest absolute Gasteiger partial charge is 0.484 e. The standard InChI is InChI=1S/C29H32N6O4/c1-4-34(5-2)23-18-16-22(17-19-23)32-29(31-21(3)36)27(30-26(37)20-39-25-14-10-7-11-15-25)33-35(28(29)38)24-12-8-6-9-13-24/h6-19,32H,4-5,20H2,1-3H3,(H,31,36)(H,30,33,37). The SMILES string of the molecule is CCN(CC)c1ccc(NC2(NC(C)=O)C(=O)N(c3ccccc3)N=C2NC(=O)COc2ccccc2)cc1. The van der Waals surface area contributed by atoms with Gasteiger partial charge in [-0.15, -0.1) is 5.10 Å². The number of carbonyl (C=O) groups excluding carboxylic acids is 3. The topological polar surface area (TPSA) is 115 Å². The molecule has 0 aliphatic carbocycles. The van der Waals surface area contributed by atoms with Gasteiger partial charge >= 0.3 is 5.91 Å². The molecule has 3 aromatic rings. The molecule has 1 aliphatic rings. The van der Waals surface area contributed by atoms with Crippen LogP contribution in [-0.2, 0) is 14.4 Å². The fourth-order valence-corrected chi connectivity index (χ4v) is 4.26. The van der Waals surface area contributed by atoms with E-state index in [0.717, 1.165) is 23.8 Å². The number of nitrogens with zero attached hydrogens (tertiary/aromatic N) is 3. The van der Waals surface area contributed by atoms with Crippen LogP contribution in [0.3, 0.4) is 0 Å². The lowest BCUT2D eigenvalue weighted by Crippen LogP contribution is -2.68. The number of amidine groups is 1. The van der Waals surface area contributed by atoms with Crippen molar-refractivity contribution < 1.29 is 19.1 Å². The Morgan fingerprint density at radius 1 is 0.923 bits per heavy atom. The number of para-hydroxylation sites is 2. The first-order valence-corrected chi connectivity index (χ1v) is 12.7. The van der Waals surface area contributed by atoms with E-state index in [-0.39, 0.29) is 12.4 Å². The molecule has 10 heteroatoms. The summed E-state index contributed by atoms with van der Waals surface area (Å²) in [6, 6.07) is 25.1. The molecular weight excluding hydrogens is 496 g/mol. The van der Waals surface area contributed by atoms with E-state index in [1.54, 1.807) is 48.5 Å². The Labute approximate surface area is 227 Å². The first kappa shape index (κ1) is 27.2. The number of anilines is 3. The van der Waals surface area contributed by atoms with Crippen molar-refractivity contribution in [2.24, 2.45) is 5.10 Å². The number of benzene rings is 3. The molecule has 1 heterocycles. The van der Waals surface area contributed by atoms with E-state index in [9.17, 15) is 14.4 Å². The van der Waals surface area contributed by atoms with Crippen molar-refractivity contribution in [3.63, 3.8) is 0 Å². The smallest absolute Gasteiger partial charge is 0.302 e. The van der Waals surface area contributed by atoms with Crippen LogP contribution in [0.5, 0.6) is 5.75 Å². The van der Waals surface area contributed by atoms with E-state index in [2.05, 4.69) is 39.8 Å². The van der Waals surface area contributed by atoms with Crippen LogP contribution < -0.4 is 30.6 Å². The molecule has 1 unspecified atom stereocenters. The van der Waals surface area contributed by atoms with Gasteiger partial charge in [0.2, 0.25) is 5.91 Å². The fourth-order valence-electron chi connectivity index (χ4n) is 4.26. The number of nitrogens with one attached hydrogen (secondary N) is 3. The summed E-state index contributed by atoms with van der Waals surface area (Å²) < 4.78 is 5.56. The molecule has 39 heavy (non-hydrogen) atoms. The molecule has 0 radical (unpaired) electrons. The number of hydrazone groups is 1. The minimum Gasteiger partial charge on any atom is -0.484 e. The van der Waals surface area contributed by atoms with Crippen LogP contribution in [0.4, 0.5) is 17.1 Å². The van der Waals surface area contributed by atoms with E-state index in [4.69, 9.17) is 4.74 Å². The zero-order valence-electron chi connectivity index (χ0n) is 22.2. The van der Waals surface area contributed by atoms with Gasteiger partial charge in [-0.2, -0.15) is 5.01 Å². The fraction of sp³-hybridized carbons (Fsp3) is 0.241. The van der Waals surface area contributed by atoms with Crippen molar-refractivity contribution in [2.45, 2.75) is 26.4 Å². The lowest BCUT2D eigenvalue weighted by atomic mass is 10.1. The van der Waals surface area contributed by atoms with Crippen LogP contribution >= 0.6 is 0 Å². The third-order valence-corrected chi connectivity index (χ3v) is 6.13. The van der Waals surface area contributed by atoms with Crippen molar-refractivity contribution in [1.82, 2.24) is 10.6 Å². The van der Waals surface area contributed by atoms with Gasteiger partial charge in [0.15, 0.2) is 12.4 Å². The highest BCUT2D eigenvalue weighted by molar-refractivity contribution is 6.27. The highest BCUT2D eigenvalue weighted by Crippen LogP contribution is 2.28. The van der Waals surface area contributed by atoms with Gasteiger partial charge in [0, 0.05) is 31.4 Å². The van der Waals surface area contributed by atoms with Gasteiger partial charge < -0.3 is 25.6 Å². The normalized spacial score (nSPS) is 16.3. The van der Waals surface area contributed by atoms with Crippen molar-refractivity contribution in [3.05, 3.63) is 84.9 Å². The molecule has 3 N–H and O–H groups in total. The molecular formula is C29H32N6O4. The number of ether oxygens (including phenoxy) is 1. The number of carbonyl (C=O) groups is 3. The third kappa shape index (κ3) is 6.18. The quantitative estimate of drug-likeness (QED) is 0.348. The minimum absolute atomic E-state index is 0.0824. The second-order valence-electron chi connectivity index (χ2n) is 8.83. The molecule has 10 nitrogen and oxygen atoms in total. The Morgan fingerprint density at radius 3 is 2.13 bits per heavy atom. The van der Waals surface area contributed by atoms with Gasteiger partial charge in [-0.1, -0.05) is 36.4 Å². The second kappa shape index (κ2) is 12.1. The molecule has 0 bridgehead atoms. The summed E-state index contributed by atoms with van der Waals surface area (Å²) in [7, 11) is 0. The van der Waals surface area contributed by atoms with E-state index in [1.165, 1.54) is 6.92 Å². The van der Waals surface area contributed by atoms with Crippen molar-refractivity contribution in [2.75, 3.05) is 34.9 Å². The van der Waals surface area contributed by atoms with Crippen LogP contribution in [0.1, 0.15) is 20.8 Å². The van der Waals surface area contributed by atoms with Crippen molar-refractivity contribution >= 4 is 40.6 Å². The third-order valence-electron chi connectivity index (χ3n) is 6.13. The number of amides is 3. The first-order chi connectivity index (χ1) is 18.9. The predicted octanol–water partition coefficient (Wildman–Crippen LogP) is 3.33. The van der Waals surface area contributed by atoms with Gasteiger partial charge in [-0.3, -0.25) is 14.4 Å². The zero-order valence-corrected chi connectivity index (χ0v) is 22.2.